The first-order valence-electron chi connectivity index (χ1n) is 6.45. The van der Waals surface area contributed by atoms with Gasteiger partial charge in [-0.15, -0.1) is 0 Å². The molecule has 0 unspecified atom stereocenters. The topological polar surface area (TPSA) is 97.4 Å². The van der Waals surface area contributed by atoms with Gasteiger partial charge in [-0.2, -0.15) is 5.10 Å². The molecule has 0 saturated carbocycles. The van der Waals surface area contributed by atoms with Crippen molar-refractivity contribution in [3.8, 4) is 0 Å². The number of hydrogen-bond donors (Lipinski definition) is 2. The molecule has 0 saturated heterocycles. The Bertz CT molecular complexity index is 759. The predicted molar refractivity (Wildman–Crippen MR) is 76.1 cm³/mol. The molecule has 0 radical (unpaired) electrons. The summed E-state index contributed by atoms with van der Waals surface area (Å²) >= 11 is 0. The number of nitrogens with one attached hydrogen (secondary N) is 1. The highest BCUT2D eigenvalue weighted by molar-refractivity contribution is 7.89. The summed E-state index contributed by atoms with van der Waals surface area (Å²) in [7, 11) is -1.88. The van der Waals surface area contributed by atoms with Crippen molar-refractivity contribution in [3.63, 3.8) is 0 Å². The lowest BCUT2D eigenvalue weighted by atomic mass is 10.2. The first kappa shape index (κ1) is 15.7. The summed E-state index contributed by atoms with van der Waals surface area (Å²) in [5.41, 5.74) is 2.55. The van der Waals surface area contributed by atoms with E-state index in [0.29, 0.717) is 0 Å². The smallest absolute Gasteiger partial charge is 0.244 e. The van der Waals surface area contributed by atoms with Crippen LogP contribution >= 0.6 is 0 Å². The normalized spacial score (nSPS) is 12.0. The van der Waals surface area contributed by atoms with Crippen molar-refractivity contribution >= 4 is 10.0 Å². The Kier molecular flexibility index (Phi) is 4.22. The Balaban J connectivity index is 2.23. The lowest BCUT2D eigenvalue weighted by Gasteiger charge is -2.06. The van der Waals surface area contributed by atoms with Gasteiger partial charge in [0.05, 0.1) is 5.69 Å². The fourth-order valence-electron chi connectivity index (χ4n) is 2.19. The number of hydrogen-bond acceptors (Lipinski definition) is 5. The van der Waals surface area contributed by atoms with E-state index in [2.05, 4.69) is 9.82 Å². The van der Waals surface area contributed by atoms with E-state index in [1.165, 1.54) is 6.07 Å². The number of aromatic nitrogens is 2. The summed E-state index contributed by atoms with van der Waals surface area (Å²) in [6.07, 6.45) is 0. The standard InChI is InChI=1S/C13H19N3O4S/c1-8-12(9(2)16(4)15-8)6-14-21(18,19)13-5-11(7-17)20-10(13)3/h5,14,17H,6-7H2,1-4H3. The van der Waals surface area contributed by atoms with Crippen LogP contribution in [0.5, 0.6) is 0 Å². The molecule has 21 heavy (non-hydrogen) atoms. The van der Waals surface area contributed by atoms with Crippen molar-refractivity contribution in [2.45, 2.75) is 38.8 Å². The molecule has 0 aliphatic rings. The van der Waals surface area contributed by atoms with Crippen molar-refractivity contribution in [1.82, 2.24) is 14.5 Å². The molecule has 0 atom stereocenters. The van der Waals surface area contributed by atoms with Gasteiger partial charge in [0.15, 0.2) is 0 Å². The summed E-state index contributed by atoms with van der Waals surface area (Å²) in [6, 6.07) is 1.33. The minimum absolute atomic E-state index is 0.0470. The Morgan fingerprint density at radius 3 is 2.52 bits per heavy atom. The number of aryl methyl sites for hydroxylation is 3. The molecule has 2 heterocycles. The third-order valence-electron chi connectivity index (χ3n) is 3.47. The molecule has 8 heteroatoms. The van der Waals surface area contributed by atoms with Crippen LogP contribution in [0.2, 0.25) is 0 Å². The molecule has 0 aliphatic carbocycles. The summed E-state index contributed by atoms with van der Waals surface area (Å²) in [5.74, 6) is 0.479. The molecule has 2 rings (SSSR count). The third-order valence-corrected chi connectivity index (χ3v) is 4.98. The largest absolute Gasteiger partial charge is 0.462 e. The van der Waals surface area contributed by atoms with Crippen LogP contribution in [0, 0.1) is 20.8 Å². The average Bonchev–Trinajstić information content (AvgIpc) is 2.90. The van der Waals surface area contributed by atoms with Crippen molar-refractivity contribution < 1.29 is 17.9 Å². The highest BCUT2D eigenvalue weighted by Gasteiger charge is 2.22. The van der Waals surface area contributed by atoms with E-state index in [1.807, 2.05) is 20.9 Å². The van der Waals surface area contributed by atoms with Crippen molar-refractivity contribution in [3.05, 3.63) is 34.5 Å². The second-order valence-electron chi connectivity index (χ2n) is 4.89. The summed E-state index contributed by atoms with van der Waals surface area (Å²) in [6.45, 7) is 5.10. The number of sulfonamides is 1. The van der Waals surface area contributed by atoms with Crippen LogP contribution in [0.1, 0.15) is 28.5 Å². The second kappa shape index (κ2) is 5.63. The van der Waals surface area contributed by atoms with E-state index in [0.717, 1.165) is 17.0 Å². The van der Waals surface area contributed by atoms with Crippen LogP contribution in [-0.2, 0) is 30.2 Å². The van der Waals surface area contributed by atoms with Gasteiger partial charge in [0.25, 0.3) is 0 Å². The maximum absolute atomic E-state index is 12.3. The fraction of sp³-hybridized carbons (Fsp3) is 0.462. The van der Waals surface area contributed by atoms with Gasteiger partial charge in [-0.1, -0.05) is 0 Å². The van der Waals surface area contributed by atoms with Crippen molar-refractivity contribution in [2.75, 3.05) is 0 Å². The SMILES string of the molecule is Cc1nn(C)c(C)c1CNS(=O)(=O)c1cc(CO)oc1C. The molecular formula is C13H19N3O4S. The summed E-state index contributed by atoms with van der Waals surface area (Å²) in [4.78, 5) is 0.0470. The average molecular weight is 313 g/mol. The van der Waals surface area contributed by atoms with Crippen LogP contribution in [0.25, 0.3) is 0 Å². The van der Waals surface area contributed by atoms with Crippen LogP contribution < -0.4 is 4.72 Å². The molecular weight excluding hydrogens is 294 g/mol. The van der Waals surface area contributed by atoms with E-state index in [1.54, 1.807) is 11.6 Å². The lowest BCUT2D eigenvalue weighted by Crippen LogP contribution is -2.24. The highest BCUT2D eigenvalue weighted by Crippen LogP contribution is 2.21. The van der Waals surface area contributed by atoms with Gasteiger partial charge >= 0.3 is 0 Å². The number of aliphatic hydroxyl groups excluding tert-OH is 1. The monoisotopic (exact) mass is 313 g/mol. The zero-order chi connectivity index (χ0) is 15.8. The number of furan rings is 1. The van der Waals surface area contributed by atoms with Gasteiger partial charge in [-0.3, -0.25) is 4.68 Å². The molecule has 116 valence electrons. The molecule has 2 aromatic heterocycles. The van der Waals surface area contributed by atoms with Gasteiger partial charge in [-0.05, 0) is 20.8 Å². The minimum atomic E-state index is -3.69. The van der Waals surface area contributed by atoms with E-state index in [-0.39, 0.29) is 29.6 Å². The molecule has 2 aromatic rings. The molecule has 2 N–H and O–H groups in total. The Labute approximate surface area is 123 Å². The van der Waals surface area contributed by atoms with Crippen molar-refractivity contribution in [1.29, 1.82) is 0 Å². The van der Waals surface area contributed by atoms with Gasteiger partial charge in [0, 0.05) is 30.9 Å². The second-order valence-corrected chi connectivity index (χ2v) is 6.62. The quantitative estimate of drug-likeness (QED) is 0.855. The minimum Gasteiger partial charge on any atom is -0.462 e. The Morgan fingerprint density at radius 1 is 1.38 bits per heavy atom. The number of aliphatic hydroxyl groups is 1. The highest BCUT2D eigenvalue weighted by atomic mass is 32.2. The van der Waals surface area contributed by atoms with Gasteiger partial charge < -0.3 is 9.52 Å². The fourth-order valence-corrected chi connectivity index (χ4v) is 3.38. The number of rotatable bonds is 5. The van der Waals surface area contributed by atoms with E-state index >= 15 is 0 Å². The van der Waals surface area contributed by atoms with E-state index in [9.17, 15) is 8.42 Å². The van der Waals surface area contributed by atoms with Gasteiger partial charge in [-0.25, -0.2) is 13.1 Å². The predicted octanol–water partition coefficient (Wildman–Crippen LogP) is 0.909. The lowest BCUT2D eigenvalue weighted by molar-refractivity contribution is 0.244. The molecule has 0 fully saturated rings. The molecule has 0 aliphatic heterocycles. The van der Waals surface area contributed by atoms with Gasteiger partial charge in [0.1, 0.15) is 23.0 Å². The Hall–Kier alpha value is -1.64. The van der Waals surface area contributed by atoms with Crippen LogP contribution in [0.3, 0.4) is 0 Å². The van der Waals surface area contributed by atoms with Crippen LogP contribution in [0.4, 0.5) is 0 Å². The van der Waals surface area contributed by atoms with Gasteiger partial charge in [0.2, 0.25) is 10.0 Å². The van der Waals surface area contributed by atoms with Crippen molar-refractivity contribution in [2.24, 2.45) is 7.05 Å². The van der Waals surface area contributed by atoms with E-state index in [4.69, 9.17) is 9.52 Å². The molecule has 7 nitrogen and oxygen atoms in total. The first-order valence-corrected chi connectivity index (χ1v) is 7.93. The molecule has 0 spiro atoms. The Morgan fingerprint density at radius 2 is 2.05 bits per heavy atom. The molecule has 0 aromatic carbocycles. The van der Waals surface area contributed by atoms with Crippen LogP contribution in [-0.4, -0.2) is 23.3 Å². The van der Waals surface area contributed by atoms with Crippen LogP contribution in [0.15, 0.2) is 15.4 Å². The molecule has 0 bridgehead atoms. The van der Waals surface area contributed by atoms with E-state index < -0.39 is 10.0 Å². The third kappa shape index (κ3) is 3.02. The maximum Gasteiger partial charge on any atom is 0.244 e. The summed E-state index contributed by atoms with van der Waals surface area (Å²) < 4.78 is 34.0. The maximum atomic E-state index is 12.3. The first-order chi connectivity index (χ1) is 9.76. The zero-order valence-electron chi connectivity index (χ0n) is 12.5. The zero-order valence-corrected chi connectivity index (χ0v) is 13.3. The molecule has 0 amide bonds. The number of nitrogens with zero attached hydrogens (tertiary/aromatic N) is 2. The summed E-state index contributed by atoms with van der Waals surface area (Å²) in [5, 5.41) is 13.3.